The van der Waals surface area contributed by atoms with Crippen LogP contribution in [0.4, 0.5) is 4.39 Å². The maximum absolute atomic E-state index is 13.4. The van der Waals surface area contributed by atoms with Crippen molar-refractivity contribution in [3.63, 3.8) is 0 Å². The number of carbonyl (C=O) groups excluding carboxylic acids is 1. The highest BCUT2D eigenvalue weighted by Crippen LogP contribution is 2.10. The van der Waals surface area contributed by atoms with Crippen molar-refractivity contribution in [3.05, 3.63) is 35.6 Å². The zero-order valence-corrected chi connectivity index (χ0v) is 11.9. The molecule has 0 bridgehead atoms. The molecule has 0 aliphatic carbocycles. The highest BCUT2D eigenvalue weighted by molar-refractivity contribution is 5.79. The van der Waals surface area contributed by atoms with Gasteiger partial charge >= 0.3 is 0 Å². The molecule has 0 fully saturated rings. The zero-order chi connectivity index (χ0) is 14.3. The summed E-state index contributed by atoms with van der Waals surface area (Å²) in [5, 5.41) is 5.91. The molecule has 1 rings (SSSR count). The molecule has 0 saturated carbocycles. The average Bonchev–Trinajstić information content (AvgIpc) is 2.37. The van der Waals surface area contributed by atoms with Gasteiger partial charge in [0.1, 0.15) is 5.82 Å². The fraction of sp³-hybridized carbons (Fsp3) is 0.533. The summed E-state index contributed by atoms with van der Waals surface area (Å²) in [6, 6.07) is 6.65. The number of hydrogen-bond acceptors (Lipinski definition) is 2. The predicted molar refractivity (Wildman–Crippen MR) is 75.4 cm³/mol. The lowest BCUT2D eigenvalue weighted by Gasteiger charge is -2.19. The fourth-order valence-corrected chi connectivity index (χ4v) is 2.00. The molecule has 0 aliphatic heterocycles. The van der Waals surface area contributed by atoms with Crippen molar-refractivity contribution < 1.29 is 9.18 Å². The van der Waals surface area contributed by atoms with Crippen molar-refractivity contribution in [3.8, 4) is 0 Å². The van der Waals surface area contributed by atoms with Gasteiger partial charge in [0.05, 0.1) is 5.92 Å². The van der Waals surface area contributed by atoms with Gasteiger partial charge in [-0.05, 0) is 31.0 Å². The topological polar surface area (TPSA) is 41.1 Å². The Hall–Kier alpha value is -1.42. The summed E-state index contributed by atoms with van der Waals surface area (Å²) in [7, 11) is 1.84. The molecule has 1 amide bonds. The summed E-state index contributed by atoms with van der Waals surface area (Å²) in [4.78, 5) is 12.0. The van der Waals surface area contributed by atoms with Crippen LogP contribution in [0.15, 0.2) is 24.3 Å². The van der Waals surface area contributed by atoms with Crippen molar-refractivity contribution in [2.75, 3.05) is 20.1 Å². The first-order chi connectivity index (χ1) is 9.06. The molecule has 1 aromatic rings. The third-order valence-electron chi connectivity index (χ3n) is 3.22. The summed E-state index contributed by atoms with van der Waals surface area (Å²) in [5.41, 5.74) is 0.637. The van der Waals surface area contributed by atoms with Gasteiger partial charge in [-0.15, -0.1) is 0 Å². The highest BCUT2D eigenvalue weighted by atomic mass is 19.1. The quantitative estimate of drug-likeness (QED) is 0.792. The number of carbonyl (C=O) groups is 1. The Morgan fingerprint density at radius 1 is 1.32 bits per heavy atom. The minimum absolute atomic E-state index is 0.0284. The second-order valence-electron chi connectivity index (χ2n) is 5.04. The molecule has 0 aliphatic rings. The van der Waals surface area contributed by atoms with E-state index in [4.69, 9.17) is 0 Å². The molecular formula is C15H23FN2O. The Bertz CT molecular complexity index is 407. The number of benzene rings is 1. The van der Waals surface area contributed by atoms with Gasteiger partial charge in [0, 0.05) is 13.1 Å². The molecule has 1 unspecified atom stereocenters. The highest BCUT2D eigenvalue weighted by Gasteiger charge is 2.20. The number of hydrogen-bond donors (Lipinski definition) is 2. The van der Waals surface area contributed by atoms with E-state index < -0.39 is 0 Å². The SMILES string of the molecule is CNCC(C(=O)NCCc1ccccc1F)C(C)C. The normalized spacial score (nSPS) is 12.5. The molecule has 0 aromatic heterocycles. The van der Waals surface area contributed by atoms with Gasteiger partial charge in [-0.1, -0.05) is 32.0 Å². The van der Waals surface area contributed by atoms with Crippen LogP contribution in [0.3, 0.4) is 0 Å². The van der Waals surface area contributed by atoms with Crippen LogP contribution >= 0.6 is 0 Å². The van der Waals surface area contributed by atoms with Crippen molar-refractivity contribution in [1.82, 2.24) is 10.6 Å². The Labute approximate surface area is 114 Å². The van der Waals surface area contributed by atoms with Crippen molar-refractivity contribution >= 4 is 5.91 Å². The minimum Gasteiger partial charge on any atom is -0.355 e. The number of amides is 1. The van der Waals surface area contributed by atoms with Crippen molar-refractivity contribution in [1.29, 1.82) is 0 Å². The van der Waals surface area contributed by atoms with Crippen molar-refractivity contribution in [2.24, 2.45) is 11.8 Å². The van der Waals surface area contributed by atoms with E-state index in [9.17, 15) is 9.18 Å². The third-order valence-corrected chi connectivity index (χ3v) is 3.22. The third kappa shape index (κ3) is 4.99. The van der Waals surface area contributed by atoms with Gasteiger partial charge in [0.15, 0.2) is 0 Å². The van der Waals surface area contributed by atoms with Crippen LogP contribution in [0.25, 0.3) is 0 Å². The summed E-state index contributed by atoms with van der Waals surface area (Å²) in [6.07, 6.45) is 0.517. The predicted octanol–water partition coefficient (Wildman–Crippen LogP) is 1.98. The minimum atomic E-state index is -0.215. The summed E-state index contributed by atoms with van der Waals surface area (Å²) >= 11 is 0. The van der Waals surface area contributed by atoms with Gasteiger partial charge in [0.25, 0.3) is 0 Å². The van der Waals surface area contributed by atoms with E-state index in [0.29, 0.717) is 25.1 Å². The first kappa shape index (κ1) is 15.6. The van der Waals surface area contributed by atoms with Crippen LogP contribution in [0.2, 0.25) is 0 Å². The van der Waals surface area contributed by atoms with Crippen LogP contribution < -0.4 is 10.6 Å². The van der Waals surface area contributed by atoms with Crippen LogP contribution in [0.1, 0.15) is 19.4 Å². The van der Waals surface area contributed by atoms with Crippen LogP contribution in [0.5, 0.6) is 0 Å². The Kier molecular flexibility index (Phi) is 6.50. The van der Waals surface area contributed by atoms with E-state index in [-0.39, 0.29) is 23.6 Å². The standard InChI is InChI=1S/C15H23FN2O/c1-11(2)13(10-17-3)15(19)18-9-8-12-6-4-5-7-14(12)16/h4-7,11,13,17H,8-10H2,1-3H3,(H,18,19). The molecule has 2 N–H and O–H groups in total. The lowest BCUT2D eigenvalue weighted by molar-refractivity contribution is -0.126. The summed E-state index contributed by atoms with van der Waals surface area (Å²) < 4.78 is 13.4. The maximum Gasteiger partial charge on any atom is 0.224 e. The van der Waals surface area contributed by atoms with Crippen LogP contribution in [0, 0.1) is 17.7 Å². The van der Waals surface area contributed by atoms with E-state index >= 15 is 0 Å². The molecule has 0 saturated heterocycles. The van der Waals surface area contributed by atoms with Crippen LogP contribution in [-0.4, -0.2) is 26.0 Å². The van der Waals surface area contributed by atoms with E-state index in [1.165, 1.54) is 6.07 Å². The molecular weight excluding hydrogens is 243 g/mol. The Morgan fingerprint density at radius 3 is 2.58 bits per heavy atom. The van der Waals surface area contributed by atoms with E-state index in [1.54, 1.807) is 18.2 Å². The smallest absolute Gasteiger partial charge is 0.224 e. The maximum atomic E-state index is 13.4. The molecule has 106 valence electrons. The average molecular weight is 266 g/mol. The second-order valence-corrected chi connectivity index (χ2v) is 5.04. The van der Waals surface area contributed by atoms with Gasteiger partial charge < -0.3 is 10.6 Å². The van der Waals surface area contributed by atoms with Gasteiger partial charge in [-0.2, -0.15) is 0 Å². The van der Waals surface area contributed by atoms with Crippen molar-refractivity contribution in [2.45, 2.75) is 20.3 Å². The number of halogens is 1. The van der Waals surface area contributed by atoms with Gasteiger partial charge in [-0.25, -0.2) is 4.39 Å². The Morgan fingerprint density at radius 2 is 2.00 bits per heavy atom. The van der Waals surface area contributed by atoms with Gasteiger partial charge in [-0.3, -0.25) is 4.79 Å². The fourth-order valence-electron chi connectivity index (χ4n) is 2.00. The molecule has 0 spiro atoms. The molecule has 19 heavy (non-hydrogen) atoms. The summed E-state index contributed by atoms with van der Waals surface area (Å²) in [5.74, 6) is 0.0413. The zero-order valence-electron chi connectivity index (χ0n) is 11.9. The second kappa shape index (κ2) is 7.89. The Balaban J connectivity index is 2.44. The lowest BCUT2D eigenvalue weighted by Crippen LogP contribution is -2.39. The first-order valence-electron chi connectivity index (χ1n) is 6.72. The first-order valence-corrected chi connectivity index (χ1v) is 6.72. The number of rotatable bonds is 7. The van der Waals surface area contributed by atoms with E-state index in [1.807, 2.05) is 20.9 Å². The molecule has 3 nitrogen and oxygen atoms in total. The van der Waals surface area contributed by atoms with Gasteiger partial charge in [0.2, 0.25) is 5.91 Å². The van der Waals surface area contributed by atoms with Crippen LogP contribution in [-0.2, 0) is 11.2 Å². The summed E-state index contributed by atoms with van der Waals surface area (Å²) in [6.45, 7) is 5.17. The van der Waals surface area contributed by atoms with E-state index in [2.05, 4.69) is 10.6 Å². The molecule has 4 heteroatoms. The monoisotopic (exact) mass is 266 g/mol. The van der Waals surface area contributed by atoms with E-state index in [0.717, 1.165) is 0 Å². The largest absolute Gasteiger partial charge is 0.355 e. The molecule has 1 aromatic carbocycles. The lowest BCUT2D eigenvalue weighted by atomic mass is 9.95. The molecule has 0 heterocycles. The number of nitrogens with one attached hydrogen (secondary N) is 2. The molecule has 1 atom stereocenters. The molecule has 0 radical (unpaired) electrons.